The van der Waals surface area contributed by atoms with E-state index in [2.05, 4.69) is 0 Å². The Morgan fingerprint density at radius 1 is 1.42 bits per heavy atom. The lowest BCUT2D eigenvalue weighted by atomic mass is 9.72. The van der Waals surface area contributed by atoms with Crippen molar-refractivity contribution < 1.29 is 30.0 Å². The first-order valence-electron chi connectivity index (χ1n) is 6.02. The van der Waals surface area contributed by atoms with Crippen LogP contribution in [0.2, 0.25) is 0 Å². The van der Waals surface area contributed by atoms with E-state index >= 15 is 0 Å². The van der Waals surface area contributed by atoms with E-state index in [1.54, 1.807) is 0 Å². The fourth-order valence-corrected chi connectivity index (χ4v) is 2.25. The fourth-order valence-electron chi connectivity index (χ4n) is 2.25. The molecule has 1 aliphatic rings. The first-order chi connectivity index (χ1) is 8.84. The number of aliphatic hydroxyl groups excluding tert-OH is 2. The minimum absolute atomic E-state index is 0.0574. The molecule has 6 nitrogen and oxygen atoms in total. The molecular formula is C13H18O6. The Balaban J connectivity index is 3.15. The first kappa shape index (κ1) is 15.4. The third kappa shape index (κ3) is 3.21. The summed E-state index contributed by atoms with van der Waals surface area (Å²) in [5.74, 6) is -2.27. The van der Waals surface area contributed by atoms with Crippen molar-refractivity contribution in [1.82, 2.24) is 0 Å². The van der Waals surface area contributed by atoms with Crippen LogP contribution in [0, 0.1) is 5.41 Å². The summed E-state index contributed by atoms with van der Waals surface area (Å²) >= 11 is 0. The average Bonchev–Trinajstić information content (AvgIpc) is 2.35. The zero-order valence-electron chi connectivity index (χ0n) is 10.7. The van der Waals surface area contributed by atoms with Crippen molar-refractivity contribution in [3.8, 4) is 0 Å². The Bertz CT molecular complexity index is 434. The van der Waals surface area contributed by atoms with Crippen molar-refractivity contribution in [2.75, 3.05) is 6.61 Å². The zero-order chi connectivity index (χ0) is 14.6. The highest BCUT2D eigenvalue weighted by atomic mass is 16.4. The standard InChI is InChI=1S/C13H18O6/c1-8(15)10-7-13(12(18)19,4-2-6-14)5-3-9(10)11(16)17/h3,5,8,14-15H,2,4,6-7H2,1H3,(H,16,17)(H,18,19). The van der Waals surface area contributed by atoms with E-state index in [-0.39, 0.29) is 30.6 Å². The third-order valence-electron chi connectivity index (χ3n) is 3.36. The summed E-state index contributed by atoms with van der Waals surface area (Å²) in [4.78, 5) is 22.5. The molecule has 0 amide bonds. The van der Waals surface area contributed by atoms with Crippen LogP contribution >= 0.6 is 0 Å². The number of rotatable bonds is 6. The maximum Gasteiger partial charge on any atom is 0.335 e. The van der Waals surface area contributed by atoms with Crippen LogP contribution < -0.4 is 0 Å². The van der Waals surface area contributed by atoms with Crippen LogP contribution in [-0.2, 0) is 9.59 Å². The quantitative estimate of drug-likeness (QED) is 0.560. The van der Waals surface area contributed by atoms with E-state index in [0.717, 1.165) is 0 Å². The van der Waals surface area contributed by atoms with Crippen molar-refractivity contribution in [1.29, 1.82) is 0 Å². The Labute approximate surface area is 110 Å². The molecule has 19 heavy (non-hydrogen) atoms. The molecule has 0 saturated heterocycles. The Morgan fingerprint density at radius 3 is 2.47 bits per heavy atom. The van der Waals surface area contributed by atoms with Crippen molar-refractivity contribution in [2.45, 2.75) is 32.3 Å². The van der Waals surface area contributed by atoms with E-state index in [0.29, 0.717) is 6.42 Å². The van der Waals surface area contributed by atoms with Crippen LogP contribution in [0.25, 0.3) is 0 Å². The Kier molecular flexibility index (Phi) is 4.85. The maximum absolute atomic E-state index is 11.4. The Hall–Kier alpha value is -1.66. The highest BCUT2D eigenvalue weighted by Crippen LogP contribution is 2.39. The molecule has 0 aromatic carbocycles. The normalized spacial score (nSPS) is 24.4. The van der Waals surface area contributed by atoms with Gasteiger partial charge in [-0.15, -0.1) is 0 Å². The SMILES string of the molecule is CC(O)C1=C(C(=O)O)C=CC(CCCO)(C(=O)O)C1. The van der Waals surface area contributed by atoms with E-state index < -0.39 is 23.5 Å². The van der Waals surface area contributed by atoms with Crippen molar-refractivity contribution in [3.63, 3.8) is 0 Å². The van der Waals surface area contributed by atoms with Crippen molar-refractivity contribution >= 4 is 11.9 Å². The number of carboxylic acid groups (broad SMARTS) is 2. The average molecular weight is 270 g/mol. The zero-order valence-corrected chi connectivity index (χ0v) is 10.7. The highest BCUT2D eigenvalue weighted by Gasteiger charge is 2.40. The van der Waals surface area contributed by atoms with Gasteiger partial charge in [-0.3, -0.25) is 4.79 Å². The highest BCUT2D eigenvalue weighted by molar-refractivity contribution is 5.92. The summed E-state index contributed by atoms with van der Waals surface area (Å²) < 4.78 is 0. The molecule has 106 valence electrons. The van der Waals surface area contributed by atoms with Gasteiger partial charge < -0.3 is 20.4 Å². The van der Waals surface area contributed by atoms with Gasteiger partial charge in [-0.2, -0.15) is 0 Å². The summed E-state index contributed by atoms with van der Waals surface area (Å²) in [6.45, 7) is 1.28. The molecule has 0 radical (unpaired) electrons. The lowest BCUT2D eigenvalue weighted by molar-refractivity contribution is -0.147. The molecule has 0 bridgehead atoms. The van der Waals surface area contributed by atoms with Crippen molar-refractivity contribution in [3.05, 3.63) is 23.3 Å². The molecule has 0 fully saturated rings. The molecule has 6 heteroatoms. The second kappa shape index (κ2) is 5.99. The third-order valence-corrected chi connectivity index (χ3v) is 3.36. The fraction of sp³-hybridized carbons (Fsp3) is 0.538. The second-order valence-corrected chi connectivity index (χ2v) is 4.72. The molecule has 2 unspecified atom stereocenters. The molecule has 0 saturated carbocycles. The number of hydrogen-bond donors (Lipinski definition) is 4. The van der Waals surface area contributed by atoms with Gasteiger partial charge in [0.25, 0.3) is 0 Å². The van der Waals surface area contributed by atoms with Gasteiger partial charge in [0, 0.05) is 6.61 Å². The summed E-state index contributed by atoms with van der Waals surface area (Å²) in [5.41, 5.74) is -1.11. The topological polar surface area (TPSA) is 115 Å². The van der Waals surface area contributed by atoms with Gasteiger partial charge in [0.05, 0.1) is 17.1 Å². The first-order valence-corrected chi connectivity index (χ1v) is 6.02. The minimum atomic E-state index is -1.26. The van der Waals surface area contributed by atoms with Gasteiger partial charge in [-0.25, -0.2) is 4.79 Å². The van der Waals surface area contributed by atoms with Gasteiger partial charge in [0.15, 0.2) is 0 Å². The van der Waals surface area contributed by atoms with Crippen molar-refractivity contribution in [2.24, 2.45) is 5.41 Å². The molecule has 0 heterocycles. The van der Waals surface area contributed by atoms with Gasteiger partial charge >= 0.3 is 11.9 Å². The van der Waals surface area contributed by atoms with Gasteiger partial charge in [0.1, 0.15) is 0 Å². The van der Waals surface area contributed by atoms with Crippen LogP contribution in [0.4, 0.5) is 0 Å². The number of hydrogen-bond acceptors (Lipinski definition) is 4. The van der Waals surface area contributed by atoms with Crippen LogP contribution in [-0.4, -0.2) is 45.1 Å². The predicted molar refractivity (Wildman–Crippen MR) is 66.5 cm³/mol. The molecular weight excluding hydrogens is 252 g/mol. The van der Waals surface area contributed by atoms with Crippen LogP contribution in [0.1, 0.15) is 26.2 Å². The van der Waals surface area contributed by atoms with Crippen LogP contribution in [0.5, 0.6) is 0 Å². The number of carbonyl (C=O) groups is 2. The lowest BCUT2D eigenvalue weighted by Gasteiger charge is -2.31. The molecule has 1 aliphatic carbocycles. The van der Waals surface area contributed by atoms with E-state index in [9.17, 15) is 19.8 Å². The molecule has 0 aliphatic heterocycles. The number of carboxylic acids is 2. The second-order valence-electron chi connectivity index (χ2n) is 4.72. The Morgan fingerprint density at radius 2 is 2.05 bits per heavy atom. The lowest BCUT2D eigenvalue weighted by Crippen LogP contribution is -2.34. The van der Waals surface area contributed by atoms with Gasteiger partial charge in [0.2, 0.25) is 0 Å². The smallest absolute Gasteiger partial charge is 0.335 e. The monoisotopic (exact) mass is 270 g/mol. The molecule has 0 aromatic heterocycles. The summed E-state index contributed by atoms with van der Waals surface area (Å²) in [6.07, 6.45) is 1.99. The van der Waals surface area contributed by atoms with Crippen LogP contribution in [0.15, 0.2) is 23.3 Å². The van der Waals surface area contributed by atoms with E-state index in [1.807, 2.05) is 0 Å². The number of aliphatic hydroxyl groups is 2. The number of aliphatic carboxylic acids is 2. The maximum atomic E-state index is 11.4. The molecule has 0 aromatic rings. The summed E-state index contributed by atoms with van der Waals surface area (Å²) in [7, 11) is 0. The predicted octanol–water partition coefficient (Wildman–Crippen LogP) is 0.552. The largest absolute Gasteiger partial charge is 0.481 e. The van der Waals surface area contributed by atoms with Gasteiger partial charge in [-0.1, -0.05) is 12.2 Å². The molecule has 2 atom stereocenters. The summed E-state index contributed by atoms with van der Waals surface area (Å²) in [5, 5.41) is 36.9. The van der Waals surface area contributed by atoms with Gasteiger partial charge in [-0.05, 0) is 31.8 Å². The summed E-state index contributed by atoms with van der Waals surface area (Å²) in [6, 6.07) is 0. The van der Waals surface area contributed by atoms with E-state index in [4.69, 9.17) is 10.2 Å². The molecule has 1 rings (SSSR count). The minimum Gasteiger partial charge on any atom is -0.481 e. The molecule has 4 N–H and O–H groups in total. The van der Waals surface area contributed by atoms with E-state index in [1.165, 1.54) is 19.1 Å². The van der Waals surface area contributed by atoms with Crippen LogP contribution in [0.3, 0.4) is 0 Å². The molecule has 0 spiro atoms.